The first-order chi connectivity index (χ1) is 16.5. The van der Waals surface area contributed by atoms with Crippen molar-refractivity contribution in [1.29, 1.82) is 0 Å². The van der Waals surface area contributed by atoms with Crippen LogP contribution in [0.5, 0.6) is 0 Å². The van der Waals surface area contributed by atoms with E-state index < -0.39 is 11.8 Å². The van der Waals surface area contributed by atoms with Crippen LogP contribution < -0.4 is 10.7 Å². The molecule has 0 fully saturated rings. The first-order valence-corrected chi connectivity index (χ1v) is 10.6. The predicted molar refractivity (Wildman–Crippen MR) is 128 cm³/mol. The van der Waals surface area contributed by atoms with E-state index in [1.165, 1.54) is 18.3 Å². The van der Waals surface area contributed by atoms with Gasteiger partial charge in [-0.2, -0.15) is 10.2 Å². The summed E-state index contributed by atoms with van der Waals surface area (Å²) < 4.78 is 15.1. The molecule has 0 saturated heterocycles. The van der Waals surface area contributed by atoms with Crippen molar-refractivity contribution >= 4 is 29.6 Å². The second-order valence-corrected chi connectivity index (χ2v) is 7.58. The summed E-state index contributed by atoms with van der Waals surface area (Å²) in [5.41, 5.74) is 5.34. The summed E-state index contributed by atoms with van der Waals surface area (Å²) in [5, 5.41) is 11.4. The molecule has 0 atom stereocenters. The minimum atomic E-state index is -0.518. The molecular formula is C25H19ClFN5O2. The Kier molecular flexibility index (Phi) is 7.10. The van der Waals surface area contributed by atoms with Gasteiger partial charge >= 0.3 is 0 Å². The number of hydrogen-bond acceptors (Lipinski definition) is 4. The molecule has 0 bridgehead atoms. The Bertz CT molecular complexity index is 1340. The lowest BCUT2D eigenvalue weighted by Gasteiger charge is -2.05. The normalized spacial score (nSPS) is 10.9. The molecule has 0 aliphatic rings. The third kappa shape index (κ3) is 5.54. The van der Waals surface area contributed by atoms with Crippen LogP contribution in [-0.2, 0) is 4.79 Å². The number of rotatable bonds is 7. The van der Waals surface area contributed by atoms with Gasteiger partial charge in [0.15, 0.2) is 0 Å². The molecule has 2 N–H and O–H groups in total. The van der Waals surface area contributed by atoms with Gasteiger partial charge in [-0.3, -0.25) is 9.59 Å². The van der Waals surface area contributed by atoms with Crippen molar-refractivity contribution in [3.8, 4) is 16.9 Å². The van der Waals surface area contributed by atoms with Gasteiger partial charge in [0.2, 0.25) is 0 Å². The highest BCUT2D eigenvalue weighted by Gasteiger charge is 2.13. The molecule has 3 aromatic carbocycles. The van der Waals surface area contributed by atoms with E-state index in [9.17, 15) is 14.0 Å². The highest BCUT2D eigenvalue weighted by atomic mass is 35.5. The number of para-hydroxylation sites is 1. The number of halogens is 2. The monoisotopic (exact) mass is 475 g/mol. The largest absolute Gasteiger partial charge is 0.343 e. The fourth-order valence-corrected chi connectivity index (χ4v) is 3.36. The van der Waals surface area contributed by atoms with Crippen molar-refractivity contribution < 1.29 is 14.0 Å². The summed E-state index contributed by atoms with van der Waals surface area (Å²) in [4.78, 5) is 24.3. The van der Waals surface area contributed by atoms with Crippen molar-refractivity contribution in [1.82, 2.24) is 20.5 Å². The van der Waals surface area contributed by atoms with Gasteiger partial charge in [-0.15, -0.1) is 0 Å². The topological polar surface area (TPSA) is 88.4 Å². The van der Waals surface area contributed by atoms with Crippen LogP contribution in [-0.4, -0.2) is 34.4 Å². The summed E-state index contributed by atoms with van der Waals surface area (Å²) in [6, 6.07) is 21.9. The number of benzene rings is 3. The van der Waals surface area contributed by atoms with Crippen molar-refractivity contribution in [3.63, 3.8) is 0 Å². The minimum Gasteiger partial charge on any atom is -0.343 e. The zero-order valence-corrected chi connectivity index (χ0v) is 18.5. The van der Waals surface area contributed by atoms with Gasteiger partial charge in [0.25, 0.3) is 11.8 Å². The molecular weight excluding hydrogens is 457 g/mol. The third-order valence-electron chi connectivity index (χ3n) is 4.80. The second kappa shape index (κ2) is 10.5. The molecule has 4 rings (SSSR count). The molecule has 0 radical (unpaired) electrons. The number of nitrogens with zero attached hydrogens (tertiary/aromatic N) is 3. The quantitative estimate of drug-likeness (QED) is 0.310. The molecule has 34 heavy (non-hydrogen) atoms. The average molecular weight is 476 g/mol. The standard InChI is InChI=1S/C25H19ClFN5O2/c26-22-9-5-4-8-21(22)25(34)28-15-23(33)30-29-14-18-16-32(20-6-2-1-3-7-20)31-24(18)17-10-12-19(27)13-11-17/h1-14,16H,15H2,(H,28,34)(H,30,33)/b29-14-. The summed E-state index contributed by atoms with van der Waals surface area (Å²) >= 11 is 5.99. The molecule has 0 aliphatic heterocycles. The van der Waals surface area contributed by atoms with Gasteiger partial charge in [-0.25, -0.2) is 14.5 Å². The van der Waals surface area contributed by atoms with Gasteiger partial charge < -0.3 is 5.32 Å². The van der Waals surface area contributed by atoms with E-state index in [0.29, 0.717) is 21.8 Å². The molecule has 2 amide bonds. The number of hydrogen-bond donors (Lipinski definition) is 2. The molecule has 1 aromatic heterocycles. The van der Waals surface area contributed by atoms with Crippen LogP contribution >= 0.6 is 11.6 Å². The average Bonchev–Trinajstić information content (AvgIpc) is 3.28. The Balaban J connectivity index is 1.46. The van der Waals surface area contributed by atoms with Gasteiger partial charge in [-0.1, -0.05) is 41.9 Å². The van der Waals surface area contributed by atoms with E-state index in [0.717, 1.165) is 5.69 Å². The number of aromatic nitrogens is 2. The first-order valence-electron chi connectivity index (χ1n) is 10.3. The Morgan fingerprint density at radius 2 is 1.71 bits per heavy atom. The summed E-state index contributed by atoms with van der Waals surface area (Å²) in [6.07, 6.45) is 3.20. The number of amides is 2. The highest BCUT2D eigenvalue weighted by molar-refractivity contribution is 6.33. The first kappa shape index (κ1) is 22.9. The van der Waals surface area contributed by atoms with E-state index in [-0.39, 0.29) is 17.9 Å². The lowest BCUT2D eigenvalue weighted by molar-refractivity contribution is -0.120. The van der Waals surface area contributed by atoms with Crippen molar-refractivity contribution in [2.24, 2.45) is 5.10 Å². The minimum absolute atomic E-state index is 0.276. The smallest absolute Gasteiger partial charge is 0.259 e. The third-order valence-corrected chi connectivity index (χ3v) is 5.13. The van der Waals surface area contributed by atoms with E-state index in [4.69, 9.17) is 11.6 Å². The van der Waals surface area contributed by atoms with Crippen LogP contribution in [0.3, 0.4) is 0 Å². The lowest BCUT2D eigenvalue weighted by Crippen LogP contribution is -2.35. The second-order valence-electron chi connectivity index (χ2n) is 7.18. The van der Waals surface area contributed by atoms with Crippen LogP contribution in [0, 0.1) is 5.82 Å². The van der Waals surface area contributed by atoms with Crippen molar-refractivity contribution in [2.75, 3.05) is 6.54 Å². The molecule has 0 unspecified atom stereocenters. The number of carbonyl (C=O) groups is 2. The molecule has 0 aliphatic carbocycles. The maximum atomic E-state index is 13.4. The lowest BCUT2D eigenvalue weighted by atomic mass is 10.1. The maximum absolute atomic E-state index is 13.4. The Morgan fingerprint density at radius 1 is 1.00 bits per heavy atom. The van der Waals surface area contributed by atoms with Crippen LogP contribution in [0.2, 0.25) is 5.02 Å². The van der Waals surface area contributed by atoms with Crippen LogP contribution in [0.1, 0.15) is 15.9 Å². The van der Waals surface area contributed by atoms with E-state index in [2.05, 4.69) is 20.9 Å². The van der Waals surface area contributed by atoms with E-state index in [1.807, 2.05) is 30.3 Å². The molecule has 4 aromatic rings. The number of hydrazone groups is 1. The Hall–Kier alpha value is -4.30. The van der Waals surface area contributed by atoms with Gasteiger partial charge in [-0.05, 0) is 48.5 Å². The highest BCUT2D eigenvalue weighted by Crippen LogP contribution is 2.23. The van der Waals surface area contributed by atoms with E-state index >= 15 is 0 Å². The van der Waals surface area contributed by atoms with Crippen LogP contribution in [0.25, 0.3) is 16.9 Å². The van der Waals surface area contributed by atoms with E-state index in [1.54, 1.807) is 47.3 Å². The Labute approximate surface area is 199 Å². The molecule has 170 valence electrons. The zero-order valence-electron chi connectivity index (χ0n) is 17.8. The molecule has 7 nitrogen and oxygen atoms in total. The number of carbonyl (C=O) groups excluding carboxylic acids is 2. The molecule has 1 heterocycles. The van der Waals surface area contributed by atoms with Gasteiger partial charge in [0.05, 0.1) is 29.0 Å². The molecule has 0 saturated carbocycles. The fraction of sp³-hybridized carbons (Fsp3) is 0.0400. The summed E-state index contributed by atoms with van der Waals surface area (Å²) in [6.45, 7) is -0.282. The maximum Gasteiger partial charge on any atom is 0.259 e. The number of nitrogens with one attached hydrogen (secondary N) is 2. The SMILES string of the molecule is O=C(CNC(=O)c1ccccc1Cl)N/N=C\c1cn(-c2ccccc2)nc1-c1ccc(F)cc1. The van der Waals surface area contributed by atoms with Gasteiger partial charge in [0, 0.05) is 17.3 Å². The fourth-order valence-electron chi connectivity index (χ4n) is 3.14. The summed E-state index contributed by atoms with van der Waals surface area (Å²) in [5.74, 6) is -1.34. The Morgan fingerprint density at radius 3 is 2.44 bits per heavy atom. The summed E-state index contributed by atoms with van der Waals surface area (Å²) in [7, 11) is 0. The van der Waals surface area contributed by atoms with Crippen LogP contribution in [0.15, 0.2) is 90.2 Å². The zero-order chi connectivity index (χ0) is 23.9. The van der Waals surface area contributed by atoms with Crippen molar-refractivity contribution in [2.45, 2.75) is 0 Å². The van der Waals surface area contributed by atoms with Crippen molar-refractivity contribution in [3.05, 3.63) is 107 Å². The molecule has 0 spiro atoms. The van der Waals surface area contributed by atoms with Gasteiger partial charge in [0.1, 0.15) is 11.5 Å². The molecule has 9 heteroatoms. The van der Waals surface area contributed by atoms with Crippen LogP contribution in [0.4, 0.5) is 4.39 Å². The predicted octanol–water partition coefficient (Wildman–Crippen LogP) is 4.21.